The van der Waals surface area contributed by atoms with Crippen LogP contribution in [0.15, 0.2) is 41.7 Å². The summed E-state index contributed by atoms with van der Waals surface area (Å²) in [6, 6.07) is 4.77. The van der Waals surface area contributed by atoms with Crippen LogP contribution in [0.25, 0.3) is 0 Å². The van der Waals surface area contributed by atoms with E-state index in [1.54, 1.807) is 36.4 Å². The topological polar surface area (TPSA) is 58.1 Å². The van der Waals surface area contributed by atoms with Gasteiger partial charge in [-0.3, -0.25) is 9.78 Å². The molecule has 2 aliphatic rings. The molecule has 0 radical (unpaired) electrons. The maximum Gasteiger partial charge on any atom is 0.223 e. The largest absolute Gasteiger partial charge is 0.355 e. The van der Waals surface area contributed by atoms with Crippen LogP contribution in [0, 0.1) is 11.7 Å². The molecule has 2 aromatic rings. The fourth-order valence-corrected chi connectivity index (χ4v) is 4.74. The van der Waals surface area contributed by atoms with Crippen molar-refractivity contribution in [2.75, 3.05) is 23.7 Å². The van der Waals surface area contributed by atoms with Gasteiger partial charge in [-0.25, -0.2) is 9.37 Å². The fraction of sp³-hybridized carbons (Fsp3) is 0.421. The van der Waals surface area contributed by atoms with E-state index in [0.29, 0.717) is 0 Å². The number of carbonyl (C=O) groups is 1. The first-order valence-electron chi connectivity index (χ1n) is 8.94. The van der Waals surface area contributed by atoms with Gasteiger partial charge in [-0.05, 0) is 43.0 Å². The number of amides is 1. The van der Waals surface area contributed by atoms with E-state index in [4.69, 9.17) is 0 Å². The Morgan fingerprint density at radius 2 is 2.08 bits per heavy atom. The molecule has 1 unspecified atom stereocenters. The lowest BCUT2D eigenvalue weighted by atomic mass is 9.94. The van der Waals surface area contributed by atoms with E-state index in [9.17, 15) is 9.18 Å². The van der Waals surface area contributed by atoms with Crippen LogP contribution in [0.5, 0.6) is 0 Å². The normalized spacial score (nSPS) is 20.5. The Morgan fingerprint density at radius 1 is 1.23 bits per heavy atom. The van der Waals surface area contributed by atoms with Gasteiger partial charge in [-0.2, -0.15) is 0 Å². The molecule has 1 aromatic carbocycles. The zero-order valence-corrected chi connectivity index (χ0v) is 15.2. The number of hydrogen-bond donors (Lipinski definition) is 1. The molecule has 1 amide bonds. The Bertz CT molecular complexity index is 780. The van der Waals surface area contributed by atoms with Crippen molar-refractivity contribution in [3.63, 3.8) is 0 Å². The third-order valence-corrected chi connectivity index (χ3v) is 6.19. The molecule has 2 aliphatic heterocycles. The molecule has 1 saturated heterocycles. The number of nitrogens with one attached hydrogen (secondary N) is 1. The summed E-state index contributed by atoms with van der Waals surface area (Å²) >= 11 is 1.72. The number of hydrogen-bond acceptors (Lipinski definition) is 5. The summed E-state index contributed by atoms with van der Waals surface area (Å²) in [6.45, 7) is 1.59. The van der Waals surface area contributed by atoms with E-state index in [2.05, 4.69) is 20.2 Å². The first-order valence-corrected chi connectivity index (χ1v) is 9.93. The summed E-state index contributed by atoms with van der Waals surface area (Å²) in [5.74, 6) is 1.63. The number of fused-ring (bicyclic) bond motifs is 1. The molecule has 1 fully saturated rings. The Hall–Kier alpha value is -2.15. The number of anilines is 1. The van der Waals surface area contributed by atoms with Gasteiger partial charge in [0.2, 0.25) is 5.91 Å². The van der Waals surface area contributed by atoms with Crippen LogP contribution in [-0.4, -0.2) is 34.7 Å². The number of benzene rings is 1. The Morgan fingerprint density at radius 3 is 2.85 bits per heavy atom. The van der Waals surface area contributed by atoms with Crippen molar-refractivity contribution in [2.24, 2.45) is 5.92 Å². The third-order valence-electron chi connectivity index (χ3n) is 5.07. The third kappa shape index (κ3) is 3.67. The highest BCUT2D eigenvalue weighted by Gasteiger charge is 2.29. The van der Waals surface area contributed by atoms with Crippen LogP contribution in [0.2, 0.25) is 0 Å². The van der Waals surface area contributed by atoms with Gasteiger partial charge in [-0.15, -0.1) is 11.8 Å². The van der Waals surface area contributed by atoms with E-state index in [0.717, 1.165) is 54.4 Å². The molecule has 3 heterocycles. The first kappa shape index (κ1) is 17.3. The summed E-state index contributed by atoms with van der Waals surface area (Å²) in [4.78, 5) is 24.4. The number of thioether (sulfide) groups is 1. The van der Waals surface area contributed by atoms with E-state index in [1.807, 2.05) is 6.07 Å². The Balaban J connectivity index is 1.37. The van der Waals surface area contributed by atoms with E-state index < -0.39 is 0 Å². The summed E-state index contributed by atoms with van der Waals surface area (Å²) in [5.41, 5.74) is 0.909. The molecule has 0 aliphatic carbocycles. The van der Waals surface area contributed by atoms with E-state index in [-0.39, 0.29) is 23.7 Å². The molecule has 1 aromatic heterocycles. The highest BCUT2D eigenvalue weighted by Crippen LogP contribution is 2.36. The second-order valence-electron chi connectivity index (χ2n) is 6.71. The number of piperidine rings is 1. The summed E-state index contributed by atoms with van der Waals surface area (Å²) in [7, 11) is 0. The lowest BCUT2D eigenvalue weighted by molar-refractivity contribution is -0.126. The van der Waals surface area contributed by atoms with Gasteiger partial charge < -0.3 is 10.2 Å². The fourth-order valence-electron chi connectivity index (χ4n) is 3.63. The zero-order valence-electron chi connectivity index (χ0n) is 14.4. The SMILES string of the molecule is O=C(NC1CCSc2ccc(F)cc21)C1CCN(c2cnccn2)CC1. The number of aromatic nitrogens is 2. The molecular weight excluding hydrogens is 351 g/mol. The zero-order chi connectivity index (χ0) is 17.9. The summed E-state index contributed by atoms with van der Waals surface area (Å²) in [6.07, 6.45) is 7.52. The number of carbonyl (C=O) groups excluding carboxylic acids is 1. The Labute approximate surface area is 156 Å². The van der Waals surface area contributed by atoms with E-state index in [1.165, 1.54) is 6.07 Å². The average molecular weight is 372 g/mol. The average Bonchev–Trinajstić information content (AvgIpc) is 2.69. The molecule has 1 N–H and O–H groups in total. The lowest BCUT2D eigenvalue weighted by Crippen LogP contribution is -2.42. The summed E-state index contributed by atoms with van der Waals surface area (Å²) < 4.78 is 13.6. The second kappa shape index (κ2) is 7.61. The van der Waals surface area contributed by atoms with Crippen molar-refractivity contribution in [3.8, 4) is 0 Å². The number of rotatable bonds is 3. The molecule has 26 heavy (non-hydrogen) atoms. The van der Waals surface area contributed by atoms with Crippen LogP contribution < -0.4 is 10.2 Å². The molecular formula is C19H21FN4OS. The first-order chi connectivity index (χ1) is 12.7. The molecule has 4 rings (SSSR count). The van der Waals surface area contributed by atoms with Gasteiger partial charge in [0, 0.05) is 42.0 Å². The standard InChI is InChI=1S/C19H21FN4OS/c20-14-1-2-17-15(11-14)16(5-10-26-17)23-19(25)13-3-8-24(9-4-13)18-12-21-6-7-22-18/h1-2,6-7,11-13,16H,3-5,8-10H2,(H,23,25). The quantitative estimate of drug-likeness (QED) is 0.897. The van der Waals surface area contributed by atoms with Crippen LogP contribution in [0.1, 0.15) is 30.9 Å². The minimum absolute atomic E-state index is 0.00508. The highest BCUT2D eigenvalue weighted by molar-refractivity contribution is 7.99. The summed E-state index contributed by atoms with van der Waals surface area (Å²) in [5, 5.41) is 3.16. The molecule has 0 saturated carbocycles. The van der Waals surface area contributed by atoms with Crippen LogP contribution in [0.3, 0.4) is 0 Å². The predicted molar refractivity (Wildman–Crippen MR) is 99.6 cm³/mol. The minimum atomic E-state index is -0.247. The van der Waals surface area contributed by atoms with E-state index >= 15 is 0 Å². The molecule has 0 bridgehead atoms. The van der Waals surface area contributed by atoms with Crippen molar-refractivity contribution >= 4 is 23.5 Å². The molecule has 1 atom stereocenters. The number of halogens is 1. The Kier molecular flexibility index (Phi) is 5.06. The maximum atomic E-state index is 13.6. The van der Waals surface area contributed by atoms with Crippen molar-refractivity contribution in [2.45, 2.75) is 30.2 Å². The van der Waals surface area contributed by atoms with Crippen molar-refractivity contribution in [3.05, 3.63) is 48.2 Å². The van der Waals surface area contributed by atoms with Gasteiger partial charge >= 0.3 is 0 Å². The van der Waals surface area contributed by atoms with Gasteiger partial charge in [0.1, 0.15) is 11.6 Å². The molecule has 7 heteroatoms. The maximum absolute atomic E-state index is 13.6. The predicted octanol–water partition coefficient (Wildman–Crippen LogP) is 3.19. The number of nitrogens with zero attached hydrogens (tertiary/aromatic N) is 3. The van der Waals surface area contributed by atoms with Gasteiger partial charge in [0.25, 0.3) is 0 Å². The van der Waals surface area contributed by atoms with Gasteiger partial charge in [0.05, 0.1) is 12.2 Å². The minimum Gasteiger partial charge on any atom is -0.355 e. The second-order valence-corrected chi connectivity index (χ2v) is 7.84. The van der Waals surface area contributed by atoms with Crippen LogP contribution in [-0.2, 0) is 4.79 Å². The lowest BCUT2D eigenvalue weighted by Gasteiger charge is -2.33. The van der Waals surface area contributed by atoms with Crippen LogP contribution >= 0.6 is 11.8 Å². The molecule has 0 spiro atoms. The van der Waals surface area contributed by atoms with Crippen LogP contribution in [0.4, 0.5) is 10.2 Å². The molecule has 136 valence electrons. The smallest absolute Gasteiger partial charge is 0.223 e. The monoisotopic (exact) mass is 372 g/mol. The highest BCUT2D eigenvalue weighted by atomic mass is 32.2. The van der Waals surface area contributed by atoms with Crippen molar-refractivity contribution in [1.29, 1.82) is 0 Å². The van der Waals surface area contributed by atoms with Gasteiger partial charge in [-0.1, -0.05) is 0 Å². The van der Waals surface area contributed by atoms with Crippen molar-refractivity contribution in [1.82, 2.24) is 15.3 Å². The van der Waals surface area contributed by atoms with Crippen molar-refractivity contribution < 1.29 is 9.18 Å². The van der Waals surface area contributed by atoms with Gasteiger partial charge in [0.15, 0.2) is 0 Å². The molecule has 5 nitrogen and oxygen atoms in total.